The first-order valence-corrected chi connectivity index (χ1v) is 9.45. The molecule has 2 aromatic rings. The van der Waals surface area contributed by atoms with Crippen LogP contribution in [0.25, 0.3) is 0 Å². The molecule has 1 saturated heterocycles. The zero-order valence-corrected chi connectivity index (χ0v) is 14.4. The Morgan fingerprint density at radius 1 is 1.00 bits per heavy atom. The van der Waals surface area contributed by atoms with Gasteiger partial charge in [0.05, 0.1) is 4.58 Å². The van der Waals surface area contributed by atoms with Gasteiger partial charge in [-0.3, -0.25) is 4.79 Å². The van der Waals surface area contributed by atoms with Gasteiger partial charge in [0.15, 0.2) is 0 Å². The lowest BCUT2D eigenvalue weighted by molar-refractivity contribution is 0.102. The van der Waals surface area contributed by atoms with Crippen LogP contribution in [0.3, 0.4) is 0 Å². The first-order chi connectivity index (χ1) is 10.6. The molecule has 1 fully saturated rings. The van der Waals surface area contributed by atoms with Crippen LogP contribution < -0.4 is 5.32 Å². The van der Waals surface area contributed by atoms with Crippen LogP contribution in [-0.2, 0) is 0 Å². The summed E-state index contributed by atoms with van der Waals surface area (Å²) < 4.78 is 0.525. The van der Waals surface area contributed by atoms with Crippen LogP contribution >= 0.6 is 23.5 Å². The maximum atomic E-state index is 12.3. The molecular formula is C18H19NOS2. The number of aryl methyl sites for hydroxylation is 2. The molecular weight excluding hydrogens is 310 g/mol. The van der Waals surface area contributed by atoms with Gasteiger partial charge in [-0.15, -0.1) is 23.5 Å². The number of benzene rings is 2. The molecule has 1 heterocycles. The van der Waals surface area contributed by atoms with Crippen LogP contribution in [0.1, 0.15) is 31.6 Å². The van der Waals surface area contributed by atoms with E-state index in [1.165, 1.54) is 28.2 Å². The Bertz CT molecular complexity index is 676. The van der Waals surface area contributed by atoms with Crippen LogP contribution in [0.5, 0.6) is 0 Å². The van der Waals surface area contributed by atoms with Crippen LogP contribution in [0.2, 0.25) is 0 Å². The smallest absolute Gasteiger partial charge is 0.255 e. The van der Waals surface area contributed by atoms with E-state index in [9.17, 15) is 4.79 Å². The molecule has 0 unspecified atom stereocenters. The quantitative estimate of drug-likeness (QED) is 0.856. The molecule has 0 aromatic heterocycles. The van der Waals surface area contributed by atoms with E-state index >= 15 is 0 Å². The summed E-state index contributed by atoms with van der Waals surface area (Å²) in [6, 6.07) is 14.0. The summed E-state index contributed by atoms with van der Waals surface area (Å²) in [7, 11) is 0. The molecule has 3 rings (SSSR count). The monoisotopic (exact) mass is 329 g/mol. The van der Waals surface area contributed by atoms with Crippen molar-refractivity contribution >= 4 is 35.1 Å². The van der Waals surface area contributed by atoms with Crippen molar-refractivity contribution in [1.82, 2.24) is 0 Å². The third-order valence-electron chi connectivity index (χ3n) is 3.83. The Morgan fingerprint density at radius 2 is 1.68 bits per heavy atom. The number of amides is 1. The molecule has 2 nitrogen and oxygen atoms in total. The van der Waals surface area contributed by atoms with Crippen LogP contribution in [0.15, 0.2) is 42.5 Å². The summed E-state index contributed by atoms with van der Waals surface area (Å²) in [5.74, 6) is 2.37. The number of thioether (sulfide) groups is 2. The highest BCUT2D eigenvalue weighted by molar-refractivity contribution is 8.19. The average molecular weight is 329 g/mol. The number of hydrogen-bond acceptors (Lipinski definition) is 3. The Balaban J connectivity index is 1.70. The van der Waals surface area contributed by atoms with Crippen molar-refractivity contribution in [2.75, 3.05) is 16.8 Å². The number of anilines is 1. The normalized spacial score (nSPS) is 15.0. The largest absolute Gasteiger partial charge is 0.322 e. The third kappa shape index (κ3) is 3.50. The van der Waals surface area contributed by atoms with Crippen LogP contribution in [0, 0.1) is 13.8 Å². The summed E-state index contributed by atoms with van der Waals surface area (Å²) in [5.41, 5.74) is 5.27. The number of rotatable bonds is 3. The third-order valence-corrected chi connectivity index (χ3v) is 6.94. The Morgan fingerprint density at radius 3 is 2.32 bits per heavy atom. The van der Waals surface area contributed by atoms with Crippen molar-refractivity contribution in [2.24, 2.45) is 0 Å². The van der Waals surface area contributed by atoms with E-state index in [4.69, 9.17) is 0 Å². The molecule has 22 heavy (non-hydrogen) atoms. The lowest BCUT2D eigenvalue weighted by atomic mass is 10.1. The van der Waals surface area contributed by atoms with E-state index in [2.05, 4.69) is 31.3 Å². The predicted molar refractivity (Wildman–Crippen MR) is 98.0 cm³/mol. The average Bonchev–Trinajstić information content (AvgIpc) is 3.05. The molecule has 114 valence electrons. The number of nitrogens with one attached hydrogen (secondary N) is 1. The van der Waals surface area contributed by atoms with Gasteiger partial charge in [0.25, 0.3) is 5.91 Å². The molecule has 1 aliphatic heterocycles. The molecule has 0 bridgehead atoms. The van der Waals surface area contributed by atoms with Crippen molar-refractivity contribution in [3.63, 3.8) is 0 Å². The highest BCUT2D eigenvalue weighted by Gasteiger charge is 2.18. The summed E-state index contributed by atoms with van der Waals surface area (Å²) in [6.45, 7) is 4.12. The molecule has 0 radical (unpaired) electrons. The minimum absolute atomic E-state index is 0.0541. The summed E-state index contributed by atoms with van der Waals surface area (Å²) in [5, 5.41) is 2.97. The Hall–Kier alpha value is -1.39. The lowest BCUT2D eigenvalue weighted by Gasteiger charge is -2.10. The maximum Gasteiger partial charge on any atom is 0.255 e. The molecule has 1 N–H and O–H groups in total. The van der Waals surface area contributed by atoms with Gasteiger partial charge >= 0.3 is 0 Å². The first-order valence-electron chi connectivity index (χ1n) is 7.35. The minimum Gasteiger partial charge on any atom is -0.322 e. The second-order valence-electron chi connectivity index (χ2n) is 5.45. The van der Waals surface area contributed by atoms with Crippen LogP contribution in [0.4, 0.5) is 5.69 Å². The van der Waals surface area contributed by atoms with Gasteiger partial charge in [-0.1, -0.05) is 18.2 Å². The fourth-order valence-corrected chi connectivity index (χ4v) is 5.22. The number of carbonyl (C=O) groups excluding carboxylic acids is 1. The van der Waals surface area contributed by atoms with E-state index in [1.54, 1.807) is 0 Å². The summed E-state index contributed by atoms with van der Waals surface area (Å²) >= 11 is 3.96. The van der Waals surface area contributed by atoms with E-state index in [-0.39, 0.29) is 5.91 Å². The first kappa shape index (κ1) is 15.5. The second-order valence-corrected chi connectivity index (χ2v) is 8.17. The second kappa shape index (κ2) is 6.80. The highest BCUT2D eigenvalue weighted by Crippen LogP contribution is 2.45. The summed E-state index contributed by atoms with van der Waals surface area (Å²) in [6.07, 6.45) is 0. The summed E-state index contributed by atoms with van der Waals surface area (Å²) in [4.78, 5) is 12.3. The van der Waals surface area contributed by atoms with Gasteiger partial charge in [0.1, 0.15) is 0 Å². The number of carbonyl (C=O) groups is 1. The van der Waals surface area contributed by atoms with Crippen molar-refractivity contribution in [1.29, 1.82) is 0 Å². The fraction of sp³-hybridized carbons (Fsp3) is 0.278. The predicted octanol–water partition coefficient (Wildman–Crippen LogP) is 5.03. The highest BCUT2D eigenvalue weighted by atomic mass is 32.2. The molecule has 1 amide bonds. The van der Waals surface area contributed by atoms with E-state index < -0.39 is 0 Å². The lowest BCUT2D eigenvalue weighted by Crippen LogP contribution is -2.12. The van der Waals surface area contributed by atoms with Crippen molar-refractivity contribution in [2.45, 2.75) is 18.4 Å². The van der Waals surface area contributed by atoms with E-state index in [0.717, 1.165) is 5.69 Å². The number of hydrogen-bond donors (Lipinski definition) is 1. The zero-order valence-electron chi connectivity index (χ0n) is 12.8. The van der Waals surface area contributed by atoms with Gasteiger partial charge in [-0.05, 0) is 54.8 Å². The Kier molecular flexibility index (Phi) is 4.79. The van der Waals surface area contributed by atoms with E-state index in [1.807, 2.05) is 53.9 Å². The molecule has 0 atom stereocenters. The van der Waals surface area contributed by atoms with Gasteiger partial charge in [0.2, 0.25) is 0 Å². The maximum absolute atomic E-state index is 12.3. The SMILES string of the molecule is Cc1ccc(NC(=O)c2ccc(C3SCCS3)cc2)cc1C. The topological polar surface area (TPSA) is 29.1 Å². The van der Waals surface area contributed by atoms with Crippen molar-refractivity contribution < 1.29 is 4.79 Å². The van der Waals surface area contributed by atoms with Gasteiger partial charge in [-0.2, -0.15) is 0 Å². The molecule has 0 saturated carbocycles. The van der Waals surface area contributed by atoms with E-state index in [0.29, 0.717) is 10.1 Å². The van der Waals surface area contributed by atoms with Crippen LogP contribution in [-0.4, -0.2) is 17.4 Å². The molecule has 0 spiro atoms. The molecule has 4 heteroatoms. The van der Waals surface area contributed by atoms with Gasteiger partial charge in [-0.25, -0.2) is 0 Å². The Labute approximate surface area is 140 Å². The van der Waals surface area contributed by atoms with Gasteiger partial charge < -0.3 is 5.32 Å². The molecule has 2 aromatic carbocycles. The standard InChI is InChI=1S/C18H19NOS2/c1-12-3-8-16(11-13(12)2)19-17(20)14-4-6-15(7-5-14)18-21-9-10-22-18/h3-8,11,18H,9-10H2,1-2H3,(H,19,20). The molecule has 1 aliphatic rings. The fourth-order valence-electron chi connectivity index (χ4n) is 2.36. The minimum atomic E-state index is -0.0541. The van der Waals surface area contributed by atoms with Crippen molar-refractivity contribution in [3.8, 4) is 0 Å². The van der Waals surface area contributed by atoms with Crippen molar-refractivity contribution in [3.05, 3.63) is 64.7 Å². The zero-order chi connectivity index (χ0) is 15.5. The molecule has 0 aliphatic carbocycles. The van der Waals surface area contributed by atoms with Gasteiger partial charge in [0, 0.05) is 22.8 Å².